The molecule has 1 heterocycles. The van der Waals surface area contributed by atoms with Crippen molar-refractivity contribution >= 4 is 0 Å². The molecule has 2 N–H and O–H groups in total. The Balaban J connectivity index is 2.57. The Kier molecular flexibility index (Phi) is 2.74. The monoisotopic (exact) mass is 174 g/mol. The first-order valence-electron chi connectivity index (χ1n) is 4.57. The van der Waals surface area contributed by atoms with Gasteiger partial charge in [0.15, 0.2) is 6.30 Å². The van der Waals surface area contributed by atoms with Crippen molar-refractivity contribution in [2.24, 2.45) is 5.73 Å². The summed E-state index contributed by atoms with van der Waals surface area (Å²) in [6.07, 6.45) is 0.545. The molecule has 12 heavy (non-hydrogen) atoms. The van der Waals surface area contributed by atoms with Gasteiger partial charge in [-0.2, -0.15) is 0 Å². The van der Waals surface area contributed by atoms with Crippen LogP contribution in [0.1, 0.15) is 33.6 Å². The lowest BCUT2D eigenvalue weighted by Gasteiger charge is -2.42. The fourth-order valence-corrected chi connectivity index (χ4v) is 1.70. The molecule has 0 radical (unpaired) electrons. The number of rotatable bonds is 0. The van der Waals surface area contributed by atoms with Crippen LogP contribution in [0.2, 0.25) is 0 Å². The summed E-state index contributed by atoms with van der Waals surface area (Å²) in [5.74, 6) is 0. The van der Waals surface area contributed by atoms with Crippen LogP contribution in [0.3, 0.4) is 0 Å². The highest BCUT2D eigenvalue weighted by molar-refractivity contribution is 4.85. The first-order valence-corrected chi connectivity index (χ1v) is 4.57. The zero-order valence-electron chi connectivity index (χ0n) is 8.18. The molecule has 1 aliphatic heterocycles. The van der Waals surface area contributed by atoms with Gasteiger partial charge in [-0.25, -0.2) is 4.39 Å². The van der Waals surface area contributed by atoms with Gasteiger partial charge in [0.1, 0.15) is 0 Å². The van der Waals surface area contributed by atoms with Crippen LogP contribution in [0.25, 0.3) is 0 Å². The van der Waals surface area contributed by atoms with Crippen LogP contribution in [0, 0.1) is 0 Å². The minimum Gasteiger partial charge on any atom is -0.328 e. The predicted molar refractivity (Wildman–Crippen MR) is 48.6 cm³/mol. The van der Waals surface area contributed by atoms with E-state index in [1.54, 1.807) is 0 Å². The van der Waals surface area contributed by atoms with Crippen molar-refractivity contribution in [1.29, 1.82) is 0 Å². The topological polar surface area (TPSA) is 29.3 Å². The van der Waals surface area contributed by atoms with Crippen LogP contribution in [-0.2, 0) is 0 Å². The third kappa shape index (κ3) is 2.17. The molecule has 1 rings (SSSR count). The number of nitrogens with zero attached hydrogens (tertiary/aromatic N) is 1. The third-order valence-electron chi connectivity index (χ3n) is 2.44. The molecule has 0 saturated carbocycles. The van der Waals surface area contributed by atoms with Crippen LogP contribution in [0.5, 0.6) is 0 Å². The van der Waals surface area contributed by atoms with E-state index in [1.165, 1.54) is 0 Å². The van der Waals surface area contributed by atoms with Crippen molar-refractivity contribution in [3.8, 4) is 0 Å². The maximum absolute atomic E-state index is 13.4. The smallest absolute Gasteiger partial charge is 0.155 e. The Labute approximate surface area is 73.9 Å². The zero-order valence-corrected chi connectivity index (χ0v) is 8.18. The van der Waals surface area contributed by atoms with Gasteiger partial charge in [-0.3, -0.25) is 4.90 Å². The molecule has 0 aromatic heterocycles. The summed E-state index contributed by atoms with van der Waals surface area (Å²) in [5.41, 5.74) is 5.59. The zero-order chi connectivity index (χ0) is 9.35. The average Bonchev–Trinajstić information content (AvgIpc) is 1.83. The second kappa shape index (κ2) is 3.30. The predicted octanol–water partition coefficient (Wildman–Crippen LogP) is 1.50. The van der Waals surface area contributed by atoms with E-state index in [4.69, 9.17) is 5.73 Å². The fraction of sp³-hybridized carbons (Fsp3) is 1.00. The van der Waals surface area contributed by atoms with E-state index in [9.17, 15) is 4.39 Å². The summed E-state index contributed by atoms with van der Waals surface area (Å²) in [6.45, 7) is 6.90. The third-order valence-corrected chi connectivity index (χ3v) is 2.44. The van der Waals surface area contributed by atoms with Crippen molar-refractivity contribution in [3.05, 3.63) is 0 Å². The summed E-state index contributed by atoms with van der Waals surface area (Å²) < 4.78 is 13.4. The van der Waals surface area contributed by atoms with Gasteiger partial charge in [0.25, 0.3) is 0 Å². The molecular weight excluding hydrogens is 155 g/mol. The molecule has 2 nitrogen and oxygen atoms in total. The summed E-state index contributed by atoms with van der Waals surface area (Å²) in [5, 5.41) is 0. The van der Waals surface area contributed by atoms with Gasteiger partial charge in [0, 0.05) is 24.5 Å². The SMILES string of the molecule is CC(C)(C)N1CCC(N)CC1F. The van der Waals surface area contributed by atoms with Crippen LogP contribution in [0.15, 0.2) is 0 Å². The van der Waals surface area contributed by atoms with E-state index in [0.29, 0.717) is 6.42 Å². The van der Waals surface area contributed by atoms with Gasteiger partial charge in [0.2, 0.25) is 0 Å². The van der Waals surface area contributed by atoms with Gasteiger partial charge >= 0.3 is 0 Å². The minimum absolute atomic E-state index is 0.0543. The standard InChI is InChI=1S/C9H19FN2/c1-9(2,3)12-5-4-7(11)6-8(12)10/h7-8H,4-6,11H2,1-3H3. The molecule has 0 bridgehead atoms. The van der Waals surface area contributed by atoms with Crippen molar-refractivity contribution in [3.63, 3.8) is 0 Å². The molecule has 0 spiro atoms. The lowest BCUT2D eigenvalue weighted by atomic mass is 9.98. The van der Waals surface area contributed by atoms with Crippen molar-refractivity contribution < 1.29 is 4.39 Å². The number of piperidine rings is 1. The molecule has 72 valence electrons. The van der Waals surface area contributed by atoms with Crippen LogP contribution in [-0.4, -0.2) is 29.3 Å². The highest BCUT2D eigenvalue weighted by Gasteiger charge is 2.33. The molecule has 0 aromatic carbocycles. The number of nitrogens with two attached hydrogens (primary N) is 1. The Morgan fingerprint density at radius 3 is 2.42 bits per heavy atom. The van der Waals surface area contributed by atoms with E-state index < -0.39 is 6.30 Å². The van der Waals surface area contributed by atoms with Crippen molar-refractivity contribution in [2.45, 2.75) is 51.5 Å². The summed E-state index contributed by atoms with van der Waals surface area (Å²) in [4.78, 5) is 1.89. The van der Waals surface area contributed by atoms with Gasteiger partial charge in [-0.15, -0.1) is 0 Å². The summed E-state index contributed by atoms with van der Waals surface area (Å²) in [6, 6.07) is 0.0543. The number of hydrogen-bond donors (Lipinski definition) is 1. The quantitative estimate of drug-likeness (QED) is 0.564. The first-order chi connectivity index (χ1) is 5.41. The van der Waals surface area contributed by atoms with E-state index in [2.05, 4.69) is 0 Å². The molecule has 1 saturated heterocycles. The van der Waals surface area contributed by atoms with Gasteiger partial charge < -0.3 is 5.73 Å². The molecule has 1 aliphatic rings. The number of halogens is 1. The van der Waals surface area contributed by atoms with E-state index in [0.717, 1.165) is 13.0 Å². The molecule has 1 fully saturated rings. The van der Waals surface area contributed by atoms with Gasteiger partial charge in [0.05, 0.1) is 0 Å². The molecular formula is C9H19FN2. The molecule has 0 aromatic rings. The molecule has 0 aliphatic carbocycles. The fourth-order valence-electron chi connectivity index (χ4n) is 1.70. The maximum Gasteiger partial charge on any atom is 0.155 e. The normalized spacial score (nSPS) is 33.8. The Morgan fingerprint density at radius 1 is 1.42 bits per heavy atom. The largest absolute Gasteiger partial charge is 0.328 e. The van der Waals surface area contributed by atoms with E-state index in [-0.39, 0.29) is 11.6 Å². The maximum atomic E-state index is 13.4. The van der Waals surface area contributed by atoms with Crippen molar-refractivity contribution in [2.75, 3.05) is 6.54 Å². The molecule has 2 unspecified atom stereocenters. The number of likely N-dealkylation sites (tertiary alicyclic amines) is 1. The summed E-state index contributed by atoms with van der Waals surface area (Å²) in [7, 11) is 0. The van der Waals surface area contributed by atoms with Gasteiger partial charge in [-0.05, 0) is 27.2 Å². The average molecular weight is 174 g/mol. The van der Waals surface area contributed by atoms with E-state index >= 15 is 0 Å². The molecule has 2 atom stereocenters. The van der Waals surface area contributed by atoms with Crippen LogP contribution < -0.4 is 5.73 Å². The minimum atomic E-state index is -0.853. The van der Waals surface area contributed by atoms with Crippen molar-refractivity contribution in [1.82, 2.24) is 4.90 Å². The second-order valence-electron chi connectivity index (χ2n) is 4.58. The van der Waals surface area contributed by atoms with Crippen LogP contribution in [0.4, 0.5) is 4.39 Å². The number of hydrogen-bond acceptors (Lipinski definition) is 2. The first kappa shape index (κ1) is 9.93. The Morgan fingerprint density at radius 2 is 2.00 bits per heavy atom. The Bertz CT molecular complexity index is 153. The highest BCUT2D eigenvalue weighted by atomic mass is 19.1. The Hall–Kier alpha value is -0.150. The molecule has 3 heteroatoms. The van der Waals surface area contributed by atoms with Crippen LogP contribution >= 0.6 is 0 Å². The molecule has 0 amide bonds. The van der Waals surface area contributed by atoms with E-state index in [1.807, 2.05) is 25.7 Å². The number of alkyl halides is 1. The van der Waals surface area contributed by atoms with Gasteiger partial charge in [-0.1, -0.05) is 0 Å². The lowest BCUT2D eigenvalue weighted by Crippen LogP contribution is -2.53. The second-order valence-corrected chi connectivity index (χ2v) is 4.58. The lowest BCUT2D eigenvalue weighted by molar-refractivity contribution is -0.0260. The summed E-state index contributed by atoms with van der Waals surface area (Å²) >= 11 is 0. The highest BCUT2D eigenvalue weighted by Crippen LogP contribution is 2.25.